The molecule has 0 bridgehead atoms. The number of methoxy groups -OCH3 is 1. The van der Waals surface area contributed by atoms with Crippen LogP contribution in [0.25, 0.3) is 0 Å². The molecule has 3 rings (SSSR count). The molecule has 0 spiro atoms. The summed E-state index contributed by atoms with van der Waals surface area (Å²) in [6, 6.07) is 15.4. The molecule has 7 nitrogen and oxygen atoms in total. The largest absolute Gasteiger partial charge is 0.496 e. The number of hydrogen-bond acceptors (Lipinski definition) is 5. The topological polar surface area (TPSA) is 85.9 Å². The van der Waals surface area contributed by atoms with Crippen molar-refractivity contribution in [3.05, 3.63) is 71.4 Å². The Morgan fingerprint density at radius 1 is 1.04 bits per heavy atom. The van der Waals surface area contributed by atoms with Gasteiger partial charge in [-0.15, -0.1) is 0 Å². The summed E-state index contributed by atoms with van der Waals surface area (Å²) in [6.07, 6.45) is 0. The van der Waals surface area contributed by atoms with Gasteiger partial charge in [0.25, 0.3) is 0 Å². The minimum atomic E-state index is -0.674. The number of nitrogens with one attached hydrogen (secondary N) is 2. The summed E-state index contributed by atoms with van der Waals surface area (Å²) in [7, 11) is 1.54. The van der Waals surface area contributed by atoms with E-state index in [4.69, 9.17) is 14.2 Å². The highest BCUT2D eigenvalue weighted by atomic mass is 16.6. The van der Waals surface area contributed by atoms with Crippen molar-refractivity contribution in [3.8, 4) is 11.5 Å². The lowest BCUT2D eigenvalue weighted by Crippen LogP contribution is -2.45. The molecule has 0 saturated heterocycles. The molecule has 7 heteroatoms. The van der Waals surface area contributed by atoms with Gasteiger partial charge in [-0.2, -0.15) is 0 Å². The van der Waals surface area contributed by atoms with Crippen LogP contribution in [-0.2, 0) is 9.53 Å². The second kappa shape index (κ2) is 8.94. The van der Waals surface area contributed by atoms with Crippen molar-refractivity contribution in [3.63, 3.8) is 0 Å². The van der Waals surface area contributed by atoms with E-state index in [1.54, 1.807) is 19.1 Å². The predicted molar refractivity (Wildman–Crippen MR) is 103 cm³/mol. The van der Waals surface area contributed by atoms with E-state index in [9.17, 15) is 9.59 Å². The standard InChI is InChI=1S/C21H22N2O5/c1-14-18(20(24)28-13-12-27-15-8-4-3-5-9-15)19(23-21(25)22-14)16-10-6-7-11-17(16)26-2/h3-11,19H,12-13H2,1-2H3,(H2,22,23,25). The number of rotatable bonds is 7. The van der Waals surface area contributed by atoms with E-state index < -0.39 is 18.0 Å². The zero-order valence-electron chi connectivity index (χ0n) is 15.7. The van der Waals surface area contributed by atoms with Gasteiger partial charge < -0.3 is 24.8 Å². The minimum Gasteiger partial charge on any atom is -0.496 e. The Morgan fingerprint density at radius 3 is 2.50 bits per heavy atom. The maximum Gasteiger partial charge on any atom is 0.338 e. The van der Waals surface area contributed by atoms with Crippen LogP contribution in [0.4, 0.5) is 4.79 Å². The van der Waals surface area contributed by atoms with Gasteiger partial charge in [-0.3, -0.25) is 0 Å². The highest BCUT2D eigenvalue weighted by Crippen LogP contribution is 2.33. The van der Waals surface area contributed by atoms with Crippen LogP contribution >= 0.6 is 0 Å². The van der Waals surface area contributed by atoms with Gasteiger partial charge in [0.2, 0.25) is 0 Å². The van der Waals surface area contributed by atoms with Crippen molar-refractivity contribution < 1.29 is 23.8 Å². The van der Waals surface area contributed by atoms with Crippen molar-refractivity contribution in [2.24, 2.45) is 0 Å². The summed E-state index contributed by atoms with van der Waals surface area (Å²) >= 11 is 0. The molecule has 0 saturated carbocycles. The average molecular weight is 382 g/mol. The predicted octanol–water partition coefficient (Wildman–Crippen LogP) is 2.95. The van der Waals surface area contributed by atoms with Gasteiger partial charge in [-0.25, -0.2) is 9.59 Å². The fourth-order valence-corrected chi connectivity index (χ4v) is 2.99. The highest BCUT2D eigenvalue weighted by molar-refractivity contribution is 5.95. The first-order valence-electron chi connectivity index (χ1n) is 8.86. The molecule has 1 aliphatic rings. The summed E-state index contributed by atoms with van der Waals surface area (Å²) in [5.74, 6) is 0.741. The monoisotopic (exact) mass is 382 g/mol. The second-order valence-corrected chi connectivity index (χ2v) is 6.11. The normalized spacial score (nSPS) is 16.1. The molecule has 0 aliphatic carbocycles. The Morgan fingerprint density at radius 2 is 1.75 bits per heavy atom. The number of allylic oxidation sites excluding steroid dienone is 1. The molecule has 2 aromatic rings. The van der Waals surface area contributed by atoms with Crippen LogP contribution in [0.5, 0.6) is 11.5 Å². The first-order chi connectivity index (χ1) is 13.6. The third-order valence-corrected chi connectivity index (χ3v) is 4.27. The Balaban J connectivity index is 1.72. The summed E-state index contributed by atoms with van der Waals surface area (Å²) in [6.45, 7) is 1.97. The molecule has 0 radical (unpaired) electrons. The molecule has 2 amide bonds. The molecule has 28 heavy (non-hydrogen) atoms. The Hall–Kier alpha value is -3.48. The van der Waals surface area contributed by atoms with Gasteiger partial charge >= 0.3 is 12.0 Å². The van der Waals surface area contributed by atoms with Gasteiger partial charge in [-0.1, -0.05) is 36.4 Å². The number of urea groups is 1. The van der Waals surface area contributed by atoms with Gasteiger partial charge in [-0.05, 0) is 25.1 Å². The molecule has 1 aliphatic heterocycles. The molecule has 1 heterocycles. The van der Waals surface area contributed by atoms with E-state index in [1.807, 2.05) is 42.5 Å². The van der Waals surface area contributed by atoms with Gasteiger partial charge in [0, 0.05) is 11.3 Å². The number of carbonyl (C=O) groups is 2. The zero-order valence-corrected chi connectivity index (χ0v) is 15.7. The molecule has 1 unspecified atom stereocenters. The lowest BCUT2D eigenvalue weighted by molar-refractivity contribution is -0.140. The molecule has 1 atom stereocenters. The van der Waals surface area contributed by atoms with E-state index in [0.29, 0.717) is 28.3 Å². The van der Waals surface area contributed by atoms with Crippen molar-refractivity contribution in [1.29, 1.82) is 0 Å². The van der Waals surface area contributed by atoms with Crippen molar-refractivity contribution in [2.45, 2.75) is 13.0 Å². The third kappa shape index (κ3) is 4.43. The lowest BCUT2D eigenvalue weighted by atomic mass is 9.95. The third-order valence-electron chi connectivity index (χ3n) is 4.27. The molecule has 2 N–H and O–H groups in total. The smallest absolute Gasteiger partial charge is 0.338 e. The first-order valence-corrected chi connectivity index (χ1v) is 8.86. The number of amides is 2. The SMILES string of the molecule is COc1ccccc1C1NC(=O)NC(C)=C1C(=O)OCCOc1ccccc1. The highest BCUT2D eigenvalue weighted by Gasteiger charge is 2.33. The summed E-state index contributed by atoms with van der Waals surface area (Å²) in [5, 5.41) is 5.39. The Kier molecular flexibility index (Phi) is 6.16. The number of benzene rings is 2. The molecule has 2 aromatic carbocycles. The summed E-state index contributed by atoms with van der Waals surface area (Å²) in [4.78, 5) is 24.7. The van der Waals surface area contributed by atoms with E-state index in [1.165, 1.54) is 7.11 Å². The first kappa shape index (κ1) is 19.3. The van der Waals surface area contributed by atoms with Crippen molar-refractivity contribution in [1.82, 2.24) is 10.6 Å². The Labute approximate surface area is 163 Å². The van der Waals surface area contributed by atoms with E-state index in [-0.39, 0.29) is 13.2 Å². The van der Waals surface area contributed by atoms with Gasteiger partial charge in [0.05, 0.1) is 18.7 Å². The fraction of sp³-hybridized carbons (Fsp3) is 0.238. The Bertz CT molecular complexity index is 879. The van der Waals surface area contributed by atoms with Crippen LogP contribution in [-0.4, -0.2) is 32.3 Å². The second-order valence-electron chi connectivity index (χ2n) is 6.11. The van der Waals surface area contributed by atoms with Crippen molar-refractivity contribution in [2.75, 3.05) is 20.3 Å². The average Bonchev–Trinajstić information content (AvgIpc) is 2.71. The van der Waals surface area contributed by atoms with Crippen LogP contribution in [0.3, 0.4) is 0 Å². The zero-order chi connectivity index (χ0) is 19.9. The quantitative estimate of drug-likeness (QED) is 0.568. The van der Waals surface area contributed by atoms with Crippen molar-refractivity contribution >= 4 is 12.0 Å². The fourth-order valence-electron chi connectivity index (χ4n) is 2.99. The molecular weight excluding hydrogens is 360 g/mol. The maximum absolute atomic E-state index is 12.7. The lowest BCUT2D eigenvalue weighted by Gasteiger charge is -2.29. The van der Waals surface area contributed by atoms with Crippen LogP contribution in [0.2, 0.25) is 0 Å². The number of ether oxygens (including phenoxy) is 3. The number of hydrogen-bond donors (Lipinski definition) is 2. The number of esters is 1. The van der Waals surface area contributed by atoms with Crippen LogP contribution in [0, 0.1) is 0 Å². The molecular formula is C21H22N2O5. The molecule has 0 fully saturated rings. The van der Waals surface area contributed by atoms with E-state index >= 15 is 0 Å². The maximum atomic E-state index is 12.7. The summed E-state index contributed by atoms with van der Waals surface area (Å²) in [5.41, 5.74) is 1.43. The molecule has 146 valence electrons. The van der Waals surface area contributed by atoms with Crippen LogP contribution in [0.1, 0.15) is 18.5 Å². The molecule has 0 aromatic heterocycles. The summed E-state index contributed by atoms with van der Waals surface area (Å²) < 4.78 is 16.3. The minimum absolute atomic E-state index is 0.0805. The van der Waals surface area contributed by atoms with Crippen LogP contribution in [0.15, 0.2) is 65.9 Å². The van der Waals surface area contributed by atoms with E-state index in [2.05, 4.69) is 10.6 Å². The van der Waals surface area contributed by atoms with Gasteiger partial charge in [0.1, 0.15) is 24.7 Å². The van der Waals surface area contributed by atoms with Gasteiger partial charge in [0.15, 0.2) is 0 Å². The van der Waals surface area contributed by atoms with E-state index in [0.717, 1.165) is 0 Å². The number of para-hydroxylation sites is 2. The van der Waals surface area contributed by atoms with Crippen LogP contribution < -0.4 is 20.1 Å². The number of carbonyl (C=O) groups excluding carboxylic acids is 2.